The van der Waals surface area contributed by atoms with Gasteiger partial charge in [0.15, 0.2) is 0 Å². The summed E-state index contributed by atoms with van der Waals surface area (Å²) in [6.45, 7) is 6.61. The van der Waals surface area contributed by atoms with Crippen molar-refractivity contribution in [2.24, 2.45) is 0 Å². The van der Waals surface area contributed by atoms with Crippen molar-refractivity contribution in [2.75, 3.05) is 19.8 Å². The molecule has 0 fully saturated rings. The Morgan fingerprint density at radius 1 is 0.657 bits per heavy atom. The van der Waals surface area contributed by atoms with Gasteiger partial charge in [-0.25, -0.2) is 4.79 Å². The average molecular weight is 491 g/mol. The van der Waals surface area contributed by atoms with Crippen molar-refractivity contribution >= 4 is 5.97 Å². The van der Waals surface area contributed by atoms with Crippen LogP contribution in [0.1, 0.15) is 129 Å². The maximum Gasteiger partial charge on any atom is 0.332 e. The first kappa shape index (κ1) is 31.6. The molecule has 0 spiro atoms. The normalized spacial score (nSPS) is 11.3. The number of unbranched alkanes of at least 4 members (excludes halogenated alkanes) is 12. The van der Waals surface area contributed by atoms with Gasteiger partial charge in [-0.15, -0.1) is 0 Å². The van der Waals surface area contributed by atoms with E-state index < -0.39 is 0 Å². The van der Waals surface area contributed by atoms with Crippen molar-refractivity contribution in [3.8, 4) is 0 Å². The fraction of sp³-hybridized carbons (Fsp3) is 0.774. The van der Waals surface area contributed by atoms with Crippen LogP contribution < -0.4 is 0 Å². The van der Waals surface area contributed by atoms with E-state index in [-0.39, 0.29) is 18.7 Å². The molecule has 35 heavy (non-hydrogen) atoms. The molecule has 0 aliphatic heterocycles. The molecular formula is C31H54O4. The lowest BCUT2D eigenvalue weighted by atomic mass is 10.0. The average Bonchev–Trinajstić information content (AvgIpc) is 2.87. The van der Waals surface area contributed by atoms with Crippen molar-refractivity contribution in [2.45, 2.75) is 136 Å². The second kappa shape index (κ2) is 24.3. The van der Waals surface area contributed by atoms with E-state index >= 15 is 0 Å². The Labute approximate surface area is 216 Å². The van der Waals surface area contributed by atoms with Crippen LogP contribution in [0.15, 0.2) is 30.3 Å². The van der Waals surface area contributed by atoms with Gasteiger partial charge in [-0.2, -0.15) is 0 Å². The monoisotopic (exact) mass is 490 g/mol. The van der Waals surface area contributed by atoms with Crippen molar-refractivity contribution in [1.82, 2.24) is 0 Å². The van der Waals surface area contributed by atoms with E-state index in [1.54, 1.807) is 0 Å². The zero-order valence-electron chi connectivity index (χ0n) is 22.9. The van der Waals surface area contributed by atoms with Crippen molar-refractivity contribution < 1.29 is 19.0 Å². The third kappa shape index (κ3) is 20.5. The molecule has 202 valence electrons. The second-order valence-electron chi connectivity index (χ2n) is 9.88. The molecule has 0 aliphatic carbocycles. The van der Waals surface area contributed by atoms with E-state index in [1.807, 2.05) is 18.2 Å². The molecule has 0 radical (unpaired) electrons. The fourth-order valence-corrected chi connectivity index (χ4v) is 4.29. The zero-order valence-corrected chi connectivity index (χ0v) is 22.9. The molecule has 0 bridgehead atoms. The fourth-order valence-electron chi connectivity index (χ4n) is 4.29. The molecule has 0 saturated carbocycles. The van der Waals surface area contributed by atoms with Crippen molar-refractivity contribution in [3.63, 3.8) is 0 Å². The lowest BCUT2D eigenvalue weighted by molar-refractivity contribution is -0.155. The van der Waals surface area contributed by atoms with Crippen LogP contribution in [0.3, 0.4) is 0 Å². The van der Waals surface area contributed by atoms with E-state index in [2.05, 4.69) is 26.0 Å². The summed E-state index contributed by atoms with van der Waals surface area (Å²) < 4.78 is 17.1. The Balaban J connectivity index is 2.10. The third-order valence-electron chi connectivity index (χ3n) is 6.47. The maximum atomic E-state index is 12.3. The molecule has 1 rings (SSSR count). The van der Waals surface area contributed by atoms with Gasteiger partial charge in [0, 0.05) is 13.2 Å². The van der Waals surface area contributed by atoms with Crippen LogP contribution in [0.2, 0.25) is 0 Å². The standard InChI is InChI=1S/C31H54O4/c1-3-5-7-9-11-17-23-30(24-18-12-10-8-6-4-2)35-31(32)28-34-26-20-14-19-25-33-27-29-21-15-13-16-22-29/h13,15-16,21-22,30H,3-12,14,17-20,23-28H2,1-2H3. The Hall–Kier alpha value is -1.39. The number of ether oxygens (including phenoxy) is 3. The Morgan fingerprint density at radius 3 is 1.77 bits per heavy atom. The SMILES string of the molecule is CCCCCCCCC(CCCCCCCC)OC(=O)COCCCCCOCc1ccccc1. The predicted molar refractivity (Wildman–Crippen MR) is 147 cm³/mol. The van der Waals surface area contributed by atoms with Gasteiger partial charge in [0.05, 0.1) is 6.61 Å². The topological polar surface area (TPSA) is 44.8 Å². The predicted octanol–water partition coefficient (Wildman–Crippen LogP) is 8.80. The van der Waals surface area contributed by atoms with Gasteiger partial charge in [0.25, 0.3) is 0 Å². The number of carbonyl (C=O) groups is 1. The second-order valence-corrected chi connectivity index (χ2v) is 9.88. The first-order chi connectivity index (χ1) is 17.3. The van der Waals surface area contributed by atoms with Gasteiger partial charge in [-0.3, -0.25) is 0 Å². The van der Waals surface area contributed by atoms with Gasteiger partial charge < -0.3 is 14.2 Å². The number of benzene rings is 1. The molecule has 4 heteroatoms. The first-order valence-corrected chi connectivity index (χ1v) is 14.6. The van der Waals surface area contributed by atoms with E-state index in [0.29, 0.717) is 13.2 Å². The summed E-state index contributed by atoms with van der Waals surface area (Å²) in [5, 5.41) is 0. The Morgan fingerprint density at radius 2 is 1.17 bits per heavy atom. The highest BCUT2D eigenvalue weighted by Gasteiger charge is 2.14. The van der Waals surface area contributed by atoms with Crippen LogP contribution in [0.5, 0.6) is 0 Å². The molecular weight excluding hydrogens is 436 g/mol. The molecule has 0 aromatic heterocycles. The van der Waals surface area contributed by atoms with Crippen molar-refractivity contribution in [3.05, 3.63) is 35.9 Å². The number of carbonyl (C=O) groups excluding carboxylic acids is 1. The lowest BCUT2D eigenvalue weighted by Crippen LogP contribution is -2.22. The molecule has 0 atom stereocenters. The molecule has 4 nitrogen and oxygen atoms in total. The van der Waals surface area contributed by atoms with Gasteiger partial charge in [-0.1, -0.05) is 108 Å². The molecule has 0 amide bonds. The van der Waals surface area contributed by atoms with Crippen LogP contribution in [0, 0.1) is 0 Å². The van der Waals surface area contributed by atoms with E-state index in [9.17, 15) is 4.79 Å². The maximum absolute atomic E-state index is 12.3. The minimum Gasteiger partial charge on any atom is -0.461 e. The van der Waals surface area contributed by atoms with Gasteiger partial charge in [0.1, 0.15) is 12.7 Å². The molecule has 0 N–H and O–H groups in total. The summed E-state index contributed by atoms with van der Waals surface area (Å²) in [4.78, 5) is 12.3. The Kier molecular flexibility index (Phi) is 22.0. The number of hydrogen-bond donors (Lipinski definition) is 0. The highest BCUT2D eigenvalue weighted by molar-refractivity contribution is 5.70. The smallest absolute Gasteiger partial charge is 0.332 e. The van der Waals surface area contributed by atoms with Crippen LogP contribution in [-0.4, -0.2) is 31.9 Å². The molecule has 0 unspecified atom stereocenters. The third-order valence-corrected chi connectivity index (χ3v) is 6.47. The van der Waals surface area contributed by atoms with Gasteiger partial charge >= 0.3 is 5.97 Å². The van der Waals surface area contributed by atoms with Crippen LogP contribution >= 0.6 is 0 Å². The summed E-state index contributed by atoms with van der Waals surface area (Å²) in [5.41, 5.74) is 1.21. The van der Waals surface area contributed by atoms with E-state index in [4.69, 9.17) is 14.2 Å². The molecule has 0 aliphatic rings. The van der Waals surface area contributed by atoms with Crippen LogP contribution in [-0.2, 0) is 25.6 Å². The summed E-state index contributed by atoms with van der Waals surface area (Å²) in [6, 6.07) is 10.3. The van der Waals surface area contributed by atoms with E-state index in [0.717, 1.165) is 51.6 Å². The molecule has 1 aromatic carbocycles. The summed E-state index contributed by atoms with van der Waals surface area (Å²) in [6.07, 6.45) is 20.3. The summed E-state index contributed by atoms with van der Waals surface area (Å²) in [7, 11) is 0. The zero-order chi connectivity index (χ0) is 25.2. The minimum atomic E-state index is -0.196. The number of esters is 1. The van der Waals surface area contributed by atoms with Crippen LogP contribution in [0.25, 0.3) is 0 Å². The largest absolute Gasteiger partial charge is 0.461 e. The first-order valence-electron chi connectivity index (χ1n) is 14.6. The highest BCUT2D eigenvalue weighted by Crippen LogP contribution is 2.17. The quantitative estimate of drug-likeness (QED) is 0.101. The van der Waals surface area contributed by atoms with E-state index in [1.165, 1.54) is 69.8 Å². The van der Waals surface area contributed by atoms with Gasteiger partial charge in [0.2, 0.25) is 0 Å². The summed E-state index contributed by atoms with van der Waals surface area (Å²) in [5.74, 6) is -0.196. The lowest BCUT2D eigenvalue weighted by Gasteiger charge is -2.18. The number of hydrogen-bond acceptors (Lipinski definition) is 4. The van der Waals surface area contributed by atoms with Gasteiger partial charge in [-0.05, 0) is 50.5 Å². The molecule has 0 saturated heterocycles. The molecule has 1 aromatic rings. The Bertz CT molecular complexity index is 559. The highest BCUT2D eigenvalue weighted by atomic mass is 16.6. The molecule has 0 heterocycles. The van der Waals surface area contributed by atoms with Crippen LogP contribution in [0.4, 0.5) is 0 Å². The van der Waals surface area contributed by atoms with Crippen molar-refractivity contribution in [1.29, 1.82) is 0 Å². The minimum absolute atomic E-state index is 0.0604. The number of rotatable bonds is 25. The summed E-state index contributed by atoms with van der Waals surface area (Å²) >= 11 is 0.